The third-order valence-corrected chi connectivity index (χ3v) is 2.42. The number of carbonyl (C=O) groups is 1. The highest BCUT2D eigenvalue weighted by atomic mass is 16.2. The lowest BCUT2D eigenvalue weighted by Gasteiger charge is -2.12. The molecule has 5 nitrogen and oxygen atoms in total. The minimum absolute atomic E-state index is 0.482. The van der Waals surface area contributed by atoms with Crippen LogP contribution in [0.3, 0.4) is 0 Å². The molecule has 0 aliphatic carbocycles. The zero-order chi connectivity index (χ0) is 12.3. The van der Waals surface area contributed by atoms with E-state index in [1.807, 2.05) is 6.07 Å². The predicted molar refractivity (Wildman–Crippen MR) is 62.0 cm³/mol. The number of aromatic amines is 1. The molecule has 0 fully saturated rings. The maximum absolute atomic E-state index is 11.6. The minimum atomic E-state index is -0.722. The maximum atomic E-state index is 11.6. The first-order chi connectivity index (χ1) is 8.22. The number of hydrogen-bond acceptors (Lipinski definition) is 3. The lowest BCUT2D eigenvalue weighted by molar-refractivity contribution is -0.109. The summed E-state index contributed by atoms with van der Waals surface area (Å²) in [6.07, 6.45) is 1.97. The van der Waals surface area contributed by atoms with Gasteiger partial charge in [0.25, 0.3) is 5.56 Å². The van der Waals surface area contributed by atoms with Crippen LogP contribution in [0.25, 0.3) is 0 Å². The molecule has 1 aromatic heterocycles. The Morgan fingerprint density at radius 2 is 1.82 bits per heavy atom. The van der Waals surface area contributed by atoms with Gasteiger partial charge in [0, 0.05) is 12.3 Å². The Morgan fingerprint density at radius 3 is 2.41 bits per heavy atom. The quantitative estimate of drug-likeness (QED) is 0.772. The number of nitrogens with one attached hydrogen (secondary N) is 1. The normalized spacial score (nSPS) is 12.0. The Bertz CT molecular complexity index is 628. The van der Waals surface area contributed by atoms with Gasteiger partial charge >= 0.3 is 5.69 Å². The molecule has 86 valence electrons. The molecule has 2 aromatic rings. The number of carbonyl (C=O) groups excluding carboxylic acids is 1. The van der Waals surface area contributed by atoms with E-state index in [-0.39, 0.29) is 0 Å². The fourth-order valence-electron chi connectivity index (χ4n) is 1.60. The summed E-state index contributed by atoms with van der Waals surface area (Å²) in [6.45, 7) is 0. The molecule has 0 amide bonds. The highest BCUT2D eigenvalue weighted by molar-refractivity contribution is 5.61. The largest absolute Gasteiger partial charge is 0.329 e. The summed E-state index contributed by atoms with van der Waals surface area (Å²) in [7, 11) is 0. The molecule has 0 radical (unpaired) electrons. The molecule has 17 heavy (non-hydrogen) atoms. The van der Waals surface area contributed by atoms with E-state index in [4.69, 9.17) is 0 Å². The molecule has 2 rings (SSSR count). The van der Waals surface area contributed by atoms with E-state index in [1.54, 1.807) is 24.3 Å². The highest BCUT2D eigenvalue weighted by Gasteiger charge is 2.13. The summed E-state index contributed by atoms with van der Waals surface area (Å²) < 4.78 is 1.18. The van der Waals surface area contributed by atoms with E-state index < -0.39 is 17.3 Å². The molecule has 0 aliphatic heterocycles. The van der Waals surface area contributed by atoms with Gasteiger partial charge in [-0.1, -0.05) is 30.3 Å². The van der Waals surface area contributed by atoms with Crippen LogP contribution in [-0.4, -0.2) is 15.8 Å². The Balaban J connectivity index is 2.54. The summed E-state index contributed by atoms with van der Waals surface area (Å²) in [5, 5.41) is 0. The molecule has 0 bridgehead atoms. The molecule has 1 heterocycles. The van der Waals surface area contributed by atoms with Gasteiger partial charge in [0.1, 0.15) is 12.3 Å². The molecule has 1 atom stereocenters. The van der Waals surface area contributed by atoms with Crippen molar-refractivity contribution in [1.82, 2.24) is 9.55 Å². The van der Waals surface area contributed by atoms with Crippen LogP contribution in [0.2, 0.25) is 0 Å². The van der Waals surface area contributed by atoms with Gasteiger partial charge < -0.3 is 4.79 Å². The van der Waals surface area contributed by atoms with Gasteiger partial charge in [-0.25, -0.2) is 4.79 Å². The fraction of sp³-hybridized carbons (Fsp3) is 0.0833. The average molecular weight is 230 g/mol. The second-order valence-corrected chi connectivity index (χ2v) is 3.51. The minimum Gasteiger partial charge on any atom is -0.301 e. The van der Waals surface area contributed by atoms with Crippen molar-refractivity contribution in [2.24, 2.45) is 0 Å². The highest BCUT2D eigenvalue weighted by Crippen LogP contribution is 2.12. The van der Waals surface area contributed by atoms with E-state index in [1.165, 1.54) is 16.8 Å². The van der Waals surface area contributed by atoms with Gasteiger partial charge in [0.15, 0.2) is 0 Å². The van der Waals surface area contributed by atoms with Crippen LogP contribution in [0.1, 0.15) is 11.6 Å². The van der Waals surface area contributed by atoms with Crippen LogP contribution in [0, 0.1) is 0 Å². The van der Waals surface area contributed by atoms with Crippen LogP contribution in [-0.2, 0) is 4.79 Å². The number of nitrogens with zero attached hydrogens (tertiary/aromatic N) is 1. The van der Waals surface area contributed by atoms with Crippen molar-refractivity contribution in [3.8, 4) is 0 Å². The van der Waals surface area contributed by atoms with Crippen molar-refractivity contribution in [1.29, 1.82) is 0 Å². The molecular weight excluding hydrogens is 220 g/mol. The van der Waals surface area contributed by atoms with E-state index in [9.17, 15) is 14.4 Å². The van der Waals surface area contributed by atoms with E-state index >= 15 is 0 Å². The number of aromatic nitrogens is 2. The topological polar surface area (TPSA) is 71.9 Å². The van der Waals surface area contributed by atoms with Crippen LogP contribution in [0.5, 0.6) is 0 Å². The SMILES string of the molecule is O=CC(c1ccccc1)n1ccc(=O)[nH]c1=O. The molecule has 0 saturated heterocycles. The molecule has 1 aromatic carbocycles. The Labute approximate surface area is 96.4 Å². The third kappa shape index (κ3) is 2.23. The lowest BCUT2D eigenvalue weighted by Crippen LogP contribution is -2.32. The molecular formula is C12H10N2O3. The summed E-state index contributed by atoms with van der Waals surface area (Å²) >= 11 is 0. The van der Waals surface area contributed by atoms with Crippen molar-refractivity contribution in [2.45, 2.75) is 6.04 Å². The van der Waals surface area contributed by atoms with E-state index in [0.29, 0.717) is 11.8 Å². The zero-order valence-electron chi connectivity index (χ0n) is 8.87. The van der Waals surface area contributed by atoms with Gasteiger partial charge in [-0.2, -0.15) is 0 Å². The summed E-state index contributed by atoms with van der Waals surface area (Å²) in [5.74, 6) is 0. The number of rotatable bonds is 3. The van der Waals surface area contributed by atoms with Gasteiger partial charge in [-0.15, -0.1) is 0 Å². The van der Waals surface area contributed by atoms with Crippen LogP contribution < -0.4 is 11.2 Å². The third-order valence-electron chi connectivity index (χ3n) is 2.42. The van der Waals surface area contributed by atoms with Crippen molar-refractivity contribution in [2.75, 3.05) is 0 Å². The first-order valence-corrected chi connectivity index (χ1v) is 5.04. The van der Waals surface area contributed by atoms with Crippen molar-refractivity contribution in [3.05, 3.63) is 69.0 Å². The first-order valence-electron chi connectivity index (χ1n) is 5.04. The molecule has 1 unspecified atom stereocenters. The Morgan fingerprint density at radius 1 is 1.12 bits per heavy atom. The summed E-state index contributed by atoms with van der Waals surface area (Å²) in [6, 6.07) is 9.36. The van der Waals surface area contributed by atoms with Crippen molar-refractivity contribution >= 4 is 6.29 Å². The van der Waals surface area contributed by atoms with Gasteiger partial charge in [-0.3, -0.25) is 14.3 Å². The second kappa shape index (κ2) is 4.61. The fourth-order valence-corrected chi connectivity index (χ4v) is 1.60. The predicted octanol–water partition coefficient (Wildman–Crippen LogP) is 0.325. The van der Waals surface area contributed by atoms with E-state index in [2.05, 4.69) is 4.98 Å². The van der Waals surface area contributed by atoms with Crippen molar-refractivity contribution in [3.63, 3.8) is 0 Å². The number of H-pyrrole nitrogens is 1. The summed E-state index contributed by atoms with van der Waals surface area (Å²) in [5.41, 5.74) is -0.390. The van der Waals surface area contributed by atoms with Gasteiger partial charge in [0.05, 0.1) is 0 Å². The number of benzene rings is 1. The monoisotopic (exact) mass is 230 g/mol. The van der Waals surface area contributed by atoms with Crippen LogP contribution >= 0.6 is 0 Å². The Kier molecular flexibility index (Phi) is 3.00. The Hall–Kier alpha value is -2.43. The first kappa shape index (κ1) is 11.1. The van der Waals surface area contributed by atoms with Crippen molar-refractivity contribution < 1.29 is 4.79 Å². The average Bonchev–Trinajstić information content (AvgIpc) is 2.34. The van der Waals surface area contributed by atoms with Gasteiger partial charge in [0.2, 0.25) is 0 Å². The van der Waals surface area contributed by atoms with Gasteiger partial charge in [-0.05, 0) is 5.56 Å². The lowest BCUT2D eigenvalue weighted by atomic mass is 10.1. The van der Waals surface area contributed by atoms with Crippen LogP contribution in [0.15, 0.2) is 52.2 Å². The molecule has 0 aliphatic rings. The smallest absolute Gasteiger partial charge is 0.301 e. The molecule has 5 heteroatoms. The zero-order valence-corrected chi connectivity index (χ0v) is 8.87. The van der Waals surface area contributed by atoms with Crippen LogP contribution in [0.4, 0.5) is 0 Å². The standard InChI is InChI=1S/C12H10N2O3/c15-8-10(9-4-2-1-3-5-9)14-7-6-11(16)13-12(14)17/h1-8,10H,(H,13,16,17). The maximum Gasteiger partial charge on any atom is 0.329 e. The summed E-state index contributed by atoms with van der Waals surface area (Å²) in [4.78, 5) is 35.7. The molecule has 1 N–H and O–H groups in total. The molecule has 0 spiro atoms. The molecule has 0 saturated carbocycles. The van der Waals surface area contributed by atoms with E-state index in [0.717, 1.165) is 0 Å². The number of hydrogen-bond donors (Lipinski definition) is 1. The second-order valence-electron chi connectivity index (χ2n) is 3.51. The number of aldehydes is 1.